The fourth-order valence-corrected chi connectivity index (χ4v) is 0.710. The van der Waals surface area contributed by atoms with Crippen LogP contribution in [0, 0.1) is 0 Å². The molecule has 13 heavy (non-hydrogen) atoms. The molecule has 0 aromatic heterocycles. The van der Waals surface area contributed by atoms with Gasteiger partial charge < -0.3 is 10.1 Å². The smallest absolute Gasteiger partial charge is 0.385 e. The second-order valence-electron chi connectivity index (χ2n) is 2.50. The van der Waals surface area contributed by atoms with Crippen LogP contribution in [0.4, 0.5) is 13.2 Å². The molecule has 7 heteroatoms. The molecule has 0 spiro atoms. The Kier molecular flexibility index (Phi) is 2.55. The molecule has 74 valence electrons. The summed E-state index contributed by atoms with van der Waals surface area (Å²) < 4.78 is 38.2. The highest BCUT2D eigenvalue weighted by Crippen LogP contribution is 2.17. The maximum atomic E-state index is 11.5. The monoisotopic (exact) mass is 197 g/mol. The van der Waals surface area contributed by atoms with E-state index in [1.54, 1.807) is 0 Å². The number of halogens is 3. The summed E-state index contributed by atoms with van der Waals surface area (Å²) in [6.45, 7) is 0.542. The minimum Gasteiger partial charge on any atom is -0.385 e. The van der Waals surface area contributed by atoms with Gasteiger partial charge in [-0.05, 0) is 13.0 Å². The van der Waals surface area contributed by atoms with E-state index < -0.39 is 24.2 Å². The molecule has 0 radical (unpaired) electrons. The predicted octanol–water partition coefficient (Wildman–Crippen LogP) is -0.0196. The molecule has 0 aromatic rings. The average Bonchev–Trinajstić information content (AvgIpc) is 1.79. The van der Waals surface area contributed by atoms with Gasteiger partial charge >= 0.3 is 18.1 Å². The molecule has 0 amide bonds. The molecular weight excluding hydrogens is 191 g/mol. The number of carbonyl (C=O) groups excluding carboxylic acids is 2. The lowest BCUT2D eigenvalue weighted by atomic mass is 10.1. The second-order valence-corrected chi connectivity index (χ2v) is 2.50. The van der Waals surface area contributed by atoms with Crippen LogP contribution in [-0.4, -0.2) is 30.7 Å². The highest BCUT2D eigenvalue weighted by Gasteiger charge is 2.43. The van der Waals surface area contributed by atoms with Crippen molar-refractivity contribution >= 4 is 11.9 Å². The highest BCUT2D eigenvalue weighted by molar-refractivity contribution is 5.91. The Morgan fingerprint density at radius 3 is 2.23 bits per heavy atom. The van der Waals surface area contributed by atoms with E-state index >= 15 is 0 Å². The largest absolute Gasteiger partial charge is 0.491 e. The molecule has 1 heterocycles. The fraction of sp³-hybridized carbons (Fsp3) is 0.667. The Balaban J connectivity index is 2.39. The molecule has 0 bridgehead atoms. The minimum atomic E-state index is -5.11. The van der Waals surface area contributed by atoms with Crippen molar-refractivity contribution < 1.29 is 27.5 Å². The summed E-state index contributed by atoms with van der Waals surface area (Å²) in [7, 11) is 0. The van der Waals surface area contributed by atoms with Crippen molar-refractivity contribution in [1.82, 2.24) is 5.32 Å². The molecule has 4 nitrogen and oxygen atoms in total. The van der Waals surface area contributed by atoms with Gasteiger partial charge in [-0.3, -0.25) is 0 Å². The SMILES string of the molecule is O=C(OC(=O)C(F)(F)F)C1CCN1. The van der Waals surface area contributed by atoms with E-state index in [9.17, 15) is 22.8 Å². The van der Waals surface area contributed by atoms with Gasteiger partial charge in [0, 0.05) is 0 Å². The molecule has 1 unspecified atom stereocenters. The normalized spacial score (nSPS) is 21.9. The number of rotatable bonds is 1. The van der Waals surface area contributed by atoms with Crippen LogP contribution in [0.25, 0.3) is 0 Å². The molecule has 0 aliphatic carbocycles. The molecular formula is C6H6F3NO3. The zero-order valence-corrected chi connectivity index (χ0v) is 6.35. The van der Waals surface area contributed by atoms with Crippen LogP contribution in [0.5, 0.6) is 0 Å². The maximum Gasteiger partial charge on any atom is 0.491 e. The second kappa shape index (κ2) is 3.33. The number of alkyl halides is 3. The first-order valence-corrected chi connectivity index (χ1v) is 3.47. The van der Waals surface area contributed by atoms with E-state index in [1.807, 2.05) is 0 Å². The quantitative estimate of drug-likeness (QED) is 0.474. The lowest BCUT2D eigenvalue weighted by Crippen LogP contribution is -2.50. The van der Waals surface area contributed by atoms with Crippen LogP contribution in [0.2, 0.25) is 0 Å². The summed E-state index contributed by atoms with van der Waals surface area (Å²) in [4.78, 5) is 20.8. The highest BCUT2D eigenvalue weighted by atomic mass is 19.4. The van der Waals surface area contributed by atoms with Crippen molar-refractivity contribution in [3.8, 4) is 0 Å². The van der Waals surface area contributed by atoms with Gasteiger partial charge in [-0.1, -0.05) is 0 Å². The summed E-state index contributed by atoms with van der Waals surface area (Å²) in [6.07, 6.45) is -4.72. The van der Waals surface area contributed by atoms with E-state index in [4.69, 9.17) is 0 Å². The maximum absolute atomic E-state index is 11.5. The third kappa shape index (κ3) is 2.41. The average molecular weight is 197 g/mol. The standard InChI is InChI=1S/C6H6F3NO3/c7-6(8,9)5(12)13-4(11)3-1-2-10-3/h3,10H,1-2H2. The predicted molar refractivity (Wildman–Crippen MR) is 33.6 cm³/mol. The van der Waals surface area contributed by atoms with Gasteiger partial charge in [-0.2, -0.15) is 13.2 Å². The van der Waals surface area contributed by atoms with Gasteiger partial charge in [0.2, 0.25) is 0 Å². The molecule has 1 rings (SSSR count). The van der Waals surface area contributed by atoms with Gasteiger partial charge in [0.15, 0.2) is 0 Å². The molecule has 1 N–H and O–H groups in total. The van der Waals surface area contributed by atoms with Crippen LogP contribution in [0.3, 0.4) is 0 Å². The zero-order valence-electron chi connectivity index (χ0n) is 6.35. The van der Waals surface area contributed by atoms with Crippen molar-refractivity contribution in [3.63, 3.8) is 0 Å². The summed E-state index contributed by atoms with van der Waals surface area (Å²) >= 11 is 0. The third-order valence-corrected chi connectivity index (χ3v) is 1.53. The lowest BCUT2D eigenvalue weighted by Gasteiger charge is -2.24. The van der Waals surface area contributed by atoms with E-state index in [0.717, 1.165) is 0 Å². The van der Waals surface area contributed by atoms with Gasteiger partial charge in [0.25, 0.3) is 0 Å². The number of esters is 2. The van der Waals surface area contributed by atoms with Crippen LogP contribution < -0.4 is 5.32 Å². The number of carbonyl (C=O) groups is 2. The van der Waals surface area contributed by atoms with Crippen LogP contribution >= 0.6 is 0 Å². The van der Waals surface area contributed by atoms with E-state index in [2.05, 4.69) is 10.1 Å². The minimum absolute atomic E-state index is 0.393. The lowest BCUT2D eigenvalue weighted by molar-refractivity contribution is -0.203. The topological polar surface area (TPSA) is 55.4 Å². The Bertz CT molecular complexity index is 234. The Morgan fingerprint density at radius 1 is 1.38 bits per heavy atom. The Labute approximate surface area is 71.0 Å². The van der Waals surface area contributed by atoms with Crippen LogP contribution in [0.15, 0.2) is 0 Å². The summed E-state index contributed by atoms with van der Waals surface area (Å²) in [5.74, 6) is -3.64. The van der Waals surface area contributed by atoms with Gasteiger partial charge in [0.1, 0.15) is 6.04 Å². The summed E-state index contributed by atoms with van der Waals surface area (Å²) in [5, 5.41) is 2.51. The summed E-state index contributed by atoms with van der Waals surface area (Å²) in [5.41, 5.74) is 0. The first-order chi connectivity index (χ1) is 5.91. The van der Waals surface area contributed by atoms with Crippen molar-refractivity contribution in [2.45, 2.75) is 18.6 Å². The molecule has 1 fully saturated rings. The van der Waals surface area contributed by atoms with Crippen LogP contribution in [0.1, 0.15) is 6.42 Å². The number of hydrogen-bond acceptors (Lipinski definition) is 4. The molecule has 0 aromatic carbocycles. The molecule has 0 saturated carbocycles. The number of nitrogens with one attached hydrogen (secondary N) is 1. The molecule has 1 atom stereocenters. The van der Waals surface area contributed by atoms with E-state index in [0.29, 0.717) is 13.0 Å². The fourth-order valence-electron chi connectivity index (χ4n) is 0.710. The van der Waals surface area contributed by atoms with Crippen molar-refractivity contribution in [1.29, 1.82) is 0 Å². The van der Waals surface area contributed by atoms with E-state index in [-0.39, 0.29) is 0 Å². The van der Waals surface area contributed by atoms with Gasteiger partial charge in [0.05, 0.1) is 0 Å². The first-order valence-electron chi connectivity index (χ1n) is 3.47. The Morgan fingerprint density at radius 2 is 1.92 bits per heavy atom. The van der Waals surface area contributed by atoms with Gasteiger partial charge in [-0.25, -0.2) is 9.59 Å². The Hall–Kier alpha value is -1.11. The first kappa shape index (κ1) is 9.97. The van der Waals surface area contributed by atoms with Gasteiger partial charge in [-0.15, -0.1) is 0 Å². The molecule has 1 aliphatic heterocycles. The van der Waals surface area contributed by atoms with Crippen LogP contribution in [-0.2, 0) is 14.3 Å². The summed E-state index contributed by atoms with van der Waals surface area (Å²) in [6, 6.07) is -0.772. The number of hydrogen-bond donors (Lipinski definition) is 1. The third-order valence-electron chi connectivity index (χ3n) is 1.53. The molecule has 1 aliphatic rings. The van der Waals surface area contributed by atoms with E-state index in [1.165, 1.54) is 0 Å². The zero-order chi connectivity index (χ0) is 10.1. The van der Waals surface area contributed by atoms with Crippen molar-refractivity contribution in [2.24, 2.45) is 0 Å². The van der Waals surface area contributed by atoms with Crippen molar-refractivity contribution in [2.75, 3.05) is 6.54 Å². The number of ether oxygens (including phenoxy) is 1. The molecule has 1 saturated heterocycles. The van der Waals surface area contributed by atoms with Crippen molar-refractivity contribution in [3.05, 3.63) is 0 Å².